The Morgan fingerprint density at radius 3 is 2.34 bits per heavy atom. The second-order valence-electron chi connectivity index (χ2n) is 7.62. The zero-order chi connectivity index (χ0) is 23.3. The summed E-state index contributed by atoms with van der Waals surface area (Å²) < 4.78 is 28.1. The molecule has 168 valence electrons. The molecule has 11 heteroatoms. The fourth-order valence-corrected chi connectivity index (χ4v) is 5.88. The molecule has 1 aliphatic heterocycles. The Balaban J connectivity index is 1.92. The van der Waals surface area contributed by atoms with Crippen molar-refractivity contribution in [1.29, 1.82) is 0 Å². The van der Waals surface area contributed by atoms with E-state index in [1.165, 1.54) is 21.7 Å². The molecule has 1 amide bonds. The topological polar surface area (TPSA) is 92.5 Å². The molecular weight excluding hydrogens is 541 g/mol. The van der Waals surface area contributed by atoms with E-state index in [2.05, 4.69) is 20.9 Å². The van der Waals surface area contributed by atoms with Crippen LogP contribution in [-0.4, -0.2) is 41.3 Å². The lowest BCUT2D eigenvalue weighted by molar-refractivity contribution is -0.124. The smallest absolute Gasteiger partial charge is 0.260 e. The highest BCUT2D eigenvalue weighted by molar-refractivity contribution is 9.10. The fraction of sp³-hybridized carbons (Fsp3) is 0.238. The molecule has 4 rings (SSSR count). The Morgan fingerprint density at radius 1 is 1.12 bits per heavy atom. The van der Waals surface area contributed by atoms with Crippen molar-refractivity contribution in [1.82, 2.24) is 9.55 Å². The summed E-state index contributed by atoms with van der Waals surface area (Å²) in [5.74, 6) is -0.712. The first-order chi connectivity index (χ1) is 15.1. The highest BCUT2D eigenvalue weighted by Crippen LogP contribution is 2.44. The minimum absolute atomic E-state index is 0.134. The van der Waals surface area contributed by atoms with Crippen LogP contribution in [0.5, 0.6) is 0 Å². The number of rotatable bonds is 6. The van der Waals surface area contributed by atoms with E-state index in [0.717, 1.165) is 10.0 Å². The molecule has 0 radical (unpaired) electrons. The number of imidazole rings is 1. The van der Waals surface area contributed by atoms with E-state index in [4.69, 9.17) is 23.2 Å². The van der Waals surface area contributed by atoms with E-state index in [9.17, 15) is 18.3 Å². The van der Waals surface area contributed by atoms with Gasteiger partial charge in [0.05, 0.1) is 24.2 Å². The lowest BCUT2D eigenvalue weighted by Crippen LogP contribution is -2.42. The molecule has 7 nitrogen and oxygen atoms in total. The zero-order valence-corrected chi connectivity index (χ0v) is 20.7. The van der Waals surface area contributed by atoms with Crippen molar-refractivity contribution in [3.8, 4) is 0 Å². The monoisotopic (exact) mass is 557 g/mol. The number of nitrogens with zero attached hydrogens (tertiary/aromatic N) is 3. The van der Waals surface area contributed by atoms with Crippen LogP contribution in [0.15, 0.2) is 58.2 Å². The van der Waals surface area contributed by atoms with Crippen molar-refractivity contribution in [2.45, 2.75) is 23.9 Å². The number of sulfone groups is 1. The molecule has 0 spiro atoms. The summed E-state index contributed by atoms with van der Waals surface area (Å²) in [6, 6.07) is 12.1. The van der Waals surface area contributed by atoms with Gasteiger partial charge in [-0.05, 0) is 42.8 Å². The number of halogens is 3. The number of hydrogen-bond acceptors (Lipinski definition) is 5. The minimum atomic E-state index is -3.90. The Labute approximate surface area is 203 Å². The lowest BCUT2D eigenvalue weighted by atomic mass is 9.92. The number of benzene rings is 2. The second-order valence-corrected chi connectivity index (χ2v) is 11.5. The molecule has 2 heterocycles. The number of carbonyl (C=O) groups excluding carboxylic acids is 1. The molecule has 1 N–H and O–H groups in total. The van der Waals surface area contributed by atoms with Crippen LogP contribution in [0.1, 0.15) is 12.5 Å². The Kier molecular flexibility index (Phi) is 6.15. The maximum Gasteiger partial charge on any atom is 0.260 e. The van der Waals surface area contributed by atoms with Crippen molar-refractivity contribution in [3.05, 3.63) is 68.7 Å². The maximum atomic E-state index is 13.8. The Hall–Kier alpha value is -1.91. The van der Waals surface area contributed by atoms with Gasteiger partial charge in [0.2, 0.25) is 5.95 Å². The second kappa shape index (κ2) is 8.46. The van der Waals surface area contributed by atoms with Crippen molar-refractivity contribution < 1.29 is 18.3 Å². The molecule has 1 aliphatic rings. The van der Waals surface area contributed by atoms with E-state index >= 15 is 0 Å². The fourth-order valence-electron chi connectivity index (χ4n) is 3.88. The molecule has 0 fully saturated rings. The van der Waals surface area contributed by atoms with Gasteiger partial charge >= 0.3 is 0 Å². The quantitative estimate of drug-likeness (QED) is 0.485. The molecule has 0 saturated heterocycles. The van der Waals surface area contributed by atoms with Gasteiger partial charge in [0.1, 0.15) is 5.54 Å². The first kappa shape index (κ1) is 23.3. The molecule has 2 aromatic carbocycles. The zero-order valence-electron chi connectivity index (χ0n) is 16.8. The highest BCUT2D eigenvalue weighted by Gasteiger charge is 2.51. The first-order valence-corrected chi connectivity index (χ1v) is 12.7. The SMILES string of the molecule is C[C@@]1(Cc2ccc(Br)cc2)C(=O)N(c2cc(Cl)cc(Cl)c2)c2ncc(S(=O)(=O)CCO)n21. The van der Waals surface area contributed by atoms with Crippen LogP contribution in [0.25, 0.3) is 0 Å². The molecular formula is C21H18BrCl2N3O4S. The predicted octanol–water partition coefficient (Wildman–Crippen LogP) is 4.35. The summed E-state index contributed by atoms with van der Waals surface area (Å²) in [7, 11) is -3.90. The van der Waals surface area contributed by atoms with E-state index in [0.29, 0.717) is 15.7 Å². The van der Waals surface area contributed by atoms with Gasteiger partial charge in [0.25, 0.3) is 5.91 Å². The van der Waals surface area contributed by atoms with Crippen LogP contribution < -0.4 is 4.90 Å². The number of anilines is 2. The van der Waals surface area contributed by atoms with Crippen LogP contribution in [0.4, 0.5) is 11.6 Å². The summed E-state index contributed by atoms with van der Waals surface area (Å²) in [5, 5.41) is 9.78. The van der Waals surface area contributed by atoms with Gasteiger partial charge < -0.3 is 5.11 Å². The Bertz CT molecular complexity index is 1290. The molecule has 0 unspecified atom stereocenters. The van der Waals surface area contributed by atoms with E-state index in [-0.39, 0.29) is 23.3 Å². The van der Waals surface area contributed by atoms with E-state index in [1.54, 1.807) is 19.1 Å². The van der Waals surface area contributed by atoms with Crippen LogP contribution in [0.3, 0.4) is 0 Å². The van der Waals surface area contributed by atoms with Crippen LogP contribution in [0, 0.1) is 0 Å². The average Bonchev–Trinajstić information content (AvgIpc) is 3.22. The number of aliphatic hydroxyl groups excluding tert-OH is 1. The van der Waals surface area contributed by atoms with Crippen molar-refractivity contribution in [3.63, 3.8) is 0 Å². The molecule has 3 aromatic rings. The molecule has 0 bridgehead atoms. The number of aromatic nitrogens is 2. The normalized spacial score (nSPS) is 18.3. The van der Waals surface area contributed by atoms with E-state index in [1.807, 2.05) is 24.3 Å². The molecule has 1 aromatic heterocycles. The summed E-state index contributed by atoms with van der Waals surface area (Å²) in [4.78, 5) is 19.4. The van der Waals surface area contributed by atoms with Crippen LogP contribution in [0.2, 0.25) is 10.0 Å². The van der Waals surface area contributed by atoms with Gasteiger partial charge in [-0.3, -0.25) is 9.36 Å². The van der Waals surface area contributed by atoms with Gasteiger partial charge in [0.15, 0.2) is 14.9 Å². The molecule has 0 aliphatic carbocycles. The predicted molar refractivity (Wildman–Crippen MR) is 126 cm³/mol. The largest absolute Gasteiger partial charge is 0.395 e. The number of fused-ring (bicyclic) bond motifs is 1. The summed E-state index contributed by atoms with van der Waals surface area (Å²) in [5.41, 5.74) is -0.0862. The summed E-state index contributed by atoms with van der Waals surface area (Å²) in [6.45, 7) is 1.13. The summed E-state index contributed by atoms with van der Waals surface area (Å²) >= 11 is 15.7. The maximum absolute atomic E-state index is 13.8. The summed E-state index contributed by atoms with van der Waals surface area (Å²) in [6.07, 6.45) is 1.43. The third kappa shape index (κ3) is 3.97. The third-order valence-corrected chi connectivity index (χ3v) is 7.92. The van der Waals surface area contributed by atoms with Crippen molar-refractivity contribution >= 4 is 66.5 Å². The van der Waals surface area contributed by atoms with Crippen molar-refractivity contribution in [2.75, 3.05) is 17.3 Å². The standard InChI is InChI=1S/C21H18BrCl2N3O4S/c1-21(11-13-2-4-14(22)5-3-13)19(29)26(17-9-15(23)8-16(24)10-17)20-25-12-18(27(20)21)32(30,31)7-6-28/h2-5,8-10,12,28H,6-7,11H2,1H3/t21-/m1/s1. The van der Waals surface area contributed by atoms with Crippen LogP contribution in [-0.2, 0) is 26.6 Å². The first-order valence-electron chi connectivity index (χ1n) is 9.54. The van der Waals surface area contributed by atoms with Gasteiger partial charge in [-0.1, -0.05) is 51.3 Å². The minimum Gasteiger partial charge on any atom is -0.395 e. The number of aliphatic hydroxyl groups is 1. The van der Waals surface area contributed by atoms with Gasteiger partial charge in [-0.25, -0.2) is 18.3 Å². The van der Waals surface area contributed by atoms with Gasteiger partial charge in [0, 0.05) is 20.9 Å². The number of amides is 1. The highest BCUT2D eigenvalue weighted by atomic mass is 79.9. The van der Waals surface area contributed by atoms with Gasteiger partial charge in [-0.15, -0.1) is 0 Å². The number of carbonyl (C=O) groups is 1. The van der Waals surface area contributed by atoms with Crippen molar-refractivity contribution in [2.24, 2.45) is 0 Å². The van der Waals surface area contributed by atoms with Crippen LogP contribution >= 0.6 is 39.1 Å². The molecule has 32 heavy (non-hydrogen) atoms. The number of hydrogen-bond donors (Lipinski definition) is 1. The average molecular weight is 559 g/mol. The van der Waals surface area contributed by atoms with Gasteiger partial charge in [-0.2, -0.15) is 0 Å². The molecule has 1 atom stereocenters. The third-order valence-electron chi connectivity index (χ3n) is 5.31. The van der Waals surface area contributed by atoms with E-state index < -0.39 is 27.7 Å². The molecule has 0 saturated carbocycles. The lowest BCUT2D eigenvalue weighted by Gasteiger charge is -2.26. The Morgan fingerprint density at radius 2 is 1.75 bits per heavy atom.